The molecule has 0 radical (unpaired) electrons. The second-order valence-corrected chi connectivity index (χ2v) is 7.40. The Balaban J connectivity index is 1.37. The van der Waals surface area contributed by atoms with Crippen LogP contribution in [-0.2, 0) is 17.8 Å². The number of rotatable bonds is 7. The number of hydrogen-bond donors (Lipinski definition) is 2. The summed E-state index contributed by atoms with van der Waals surface area (Å²) in [5.74, 6) is 0.762. The third kappa shape index (κ3) is 5.00. The summed E-state index contributed by atoms with van der Waals surface area (Å²) in [4.78, 5) is 18.1. The van der Waals surface area contributed by atoms with Crippen molar-refractivity contribution in [3.8, 4) is 11.4 Å². The Labute approximate surface area is 175 Å². The van der Waals surface area contributed by atoms with E-state index < -0.39 is 5.91 Å². The molecule has 1 amide bonds. The van der Waals surface area contributed by atoms with Crippen molar-refractivity contribution in [3.63, 3.8) is 0 Å². The van der Waals surface area contributed by atoms with E-state index in [2.05, 4.69) is 27.2 Å². The van der Waals surface area contributed by atoms with Gasteiger partial charge in [0.2, 0.25) is 11.7 Å². The number of hydrogen-bond acceptors (Lipinski definition) is 6. The van der Waals surface area contributed by atoms with E-state index in [0.29, 0.717) is 17.8 Å². The summed E-state index contributed by atoms with van der Waals surface area (Å²) < 4.78 is 5.50. The summed E-state index contributed by atoms with van der Waals surface area (Å²) in [7, 11) is 0. The van der Waals surface area contributed by atoms with Crippen molar-refractivity contribution in [1.29, 1.82) is 0 Å². The van der Waals surface area contributed by atoms with E-state index in [0.717, 1.165) is 43.5 Å². The second-order valence-electron chi connectivity index (χ2n) is 7.40. The van der Waals surface area contributed by atoms with E-state index in [1.807, 2.05) is 42.5 Å². The first-order valence-corrected chi connectivity index (χ1v) is 10.0. The molecule has 0 spiro atoms. The molecule has 154 valence electrons. The number of likely N-dealkylation sites (tertiary alicyclic amines) is 1. The Kier molecular flexibility index (Phi) is 6.32. The Bertz CT molecular complexity index is 999. The normalized spacial score (nSPS) is 16.9. The van der Waals surface area contributed by atoms with Crippen LogP contribution in [0.4, 0.5) is 0 Å². The highest BCUT2D eigenvalue weighted by molar-refractivity contribution is 5.90. The fraction of sp³-hybridized carbons (Fsp3) is 0.261. The monoisotopic (exact) mass is 404 g/mol. The summed E-state index contributed by atoms with van der Waals surface area (Å²) in [6.07, 6.45) is 5.96. The Morgan fingerprint density at radius 1 is 1.20 bits per heavy atom. The van der Waals surface area contributed by atoms with E-state index in [-0.39, 0.29) is 0 Å². The highest BCUT2D eigenvalue weighted by atomic mass is 16.5. The third-order valence-corrected chi connectivity index (χ3v) is 5.31. The molecule has 0 aliphatic carbocycles. The molecular formula is C23H24N4O3. The van der Waals surface area contributed by atoms with Crippen molar-refractivity contribution in [2.45, 2.75) is 31.8 Å². The molecule has 2 heterocycles. The molecule has 7 heteroatoms. The number of carbonyl (C=O) groups excluding carboxylic acids is 1. The summed E-state index contributed by atoms with van der Waals surface area (Å²) >= 11 is 0. The molecule has 1 aromatic heterocycles. The zero-order chi connectivity index (χ0) is 20.8. The van der Waals surface area contributed by atoms with E-state index in [1.54, 1.807) is 11.6 Å². The minimum absolute atomic E-state index is 0.377. The molecule has 1 fully saturated rings. The smallest absolute Gasteiger partial charge is 0.267 e. The first-order valence-electron chi connectivity index (χ1n) is 10.0. The number of nitrogens with zero attached hydrogens (tertiary/aromatic N) is 3. The number of hydroxylamine groups is 1. The number of carbonyl (C=O) groups is 1. The van der Waals surface area contributed by atoms with E-state index in [9.17, 15) is 4.79 Å². The summed E-state index contributed by atoms with van der Waals surface area (Å²) in [5, 5.41) is 12.7. The summed E-state index contributed by atoms with van der Waals surface area (Å²) in [5.41, 5.74) is 4.65. The first kappa shape index (κ1) is 20.0. The quantitative estimate of drug-likeness (QED) is 0.356. The Morgan fingerprint density at radius 2 is 2.00 bits per heavy atom. The average Bonchev–Trinajstić information content (AvgIpc) is 3.44. The zero-order valence-corrected chi connectivity index (χ0v) is 16.6. The van der Waals surface area contributed by atoms with Crippen molar-refractivity contribution in [1.82, 2.24) is 20.5 Å². The van der Waals surface area contributed by atoms with Gasteiger partial charge in [-0.1, -0.05) is 59.8 Å². The van der Waals surface area contributed by atoms with Crippen LogP contribution in [0.1, 0.15) is 29.9 Å². The maximum absolute atomic E-state index is 11.1. The van der Waals surface area contributed by atoms with Crippen LogP contribution in [0, 0.1) is 0 Å². The highest BCUT2D eigenvalue weighted by Crippen LogP contribution is 2.24. The van der Waals surface area contributed by atoms with Gasteiger partial charge in [-0.05, 0) is 36.6 Å². The van der Waals surface area contributed by atoms with Gasteiger partial charge in [-0.3, -0.25) is 14.9 Å². The average molecular weight is 404 g/mol. The molecule has 3 aromatic rings. The van der Waals surface area contributed by atoms with Gasteiger partial charge in [-0.15, -0.1) is 0 Å². The molecule has 0 unspecified atom stereocenters. The van der Waals surface area contributed by atoms with Crippen LogP contribution in [0.3, 0.4) is 0 Å². The minimum atomic E-state index is -0.546. The molecule has 4 rings (SSSR count). The number of benzene rings is 2. The lowest BCUT2D eigenvalue weighted by molar-refractivity contribution is -0.124. The van der Waals surface area contributed by atoms with Crippen LogP contribution >= 0.6 is 0 Å². The second kappa shape index (κ2) is 9.47. The largest absolute Gasteiger partial charge is 0.339 e. The Morgan fingerprint density at radius 3 is 2.77 bits per heavy atom. The number of amides is 1. The van der Waals surface area contributed by atoms with Crippen LogP contribution < -0.4 is 5.48 Å². The molecule has 1 aliphatic rings. The molecule has 7 nitrogen and oxygen atoms in total. The van der Waals surface area contributed by atoms with Gasteiger partial charge in [0.05, 0.1) is 0 Å². The van der Waals surface area contributed by atoms with Gasteiger partial charge in [0, 0.05) is 30.6 Å². The predicted octanol–water partition coefficient (Wildman–Crippen LogP) is 3.46. The van der Waals surface area contributed by atoms with E-state index in [1.165, 1.54) is 11.6 Å². The van der Waals surface area contributed by atoms with Crippen LogP contribution in [0.2, 0.25) is 0 Å². The topological polar surface area (TPSA) is 91.5 Å². The third-order valence-electron chi connectivity index (χ3n) is 5.31. The first-order chi connectivity index (χ1) is 14.7. The fourth-order valence-electron chi connectivity index (χ4n) is 3.76. The van der Waals surface area contributed by atoms with Gasteiger partial charge in [0.1, 0.15) is 0 Å². The van der Waals surface area contributed by atoms with Crippen molar-refractivity contribution < 1.29 is 14.5 Å². The Hall–Kier alpha value is -3.29. The molecule has 0 saturated carbocycles. The van der Waals surface area contributed by atoms with E-state index >= 15 is 0 Å². The van der Waals surface area contributed by atoms with Gasteiger partial charge in [0.25, 0.3) is 5.91 Å². The lowest BCUT2D eigenvalue weighted by Crippen LogP contribution is -2.30. The number of aromatic nitrogens is 2. The standard InChI is InChI=1S/C23H24N4O3/c28-21(25-29)13-12-17-8-10-18(11-9-17)16-27-14-4-7-20(27)15-22-24-23(26-30-22)19-5-2-1-3-6-19/h1-3,5-6,8-13,20,29H,4,7,14-16H2,(H,25,28)/b13-12+/t20-/m1/s1. The molecule has 1 saturated heterocycles. The van der Waals surface area contributed by atoms with Gasteiger partial charge < -0.3 is 4.52 Å². The molecule has 30 heavy (non-hydrogen) atoms. The SMILES string of the molecule is O=C(/C=C/c1ccc(CN2CCC[C@@H]2Cc2nc(-c3ccccc3)no2)cc1)NO. The molecule has 1 atom stereocenters. The van der Waals surface area contributed by atoms with Crippen LogP contribution in [-0.4, -0.2) is 38.7 Å². The van der Waals surface area contributed by atoms with Gasteiger partial charge in [-0.2, -0.15) is 4.98 Å². The van der Waals surface area contributed by atoms with Gasteiger partial charge in [-0.25, -0.2) is 5.48 Å². The van der Waals surface area contributed by atoms with Crippen LogP contribution in [0.15, 0.2) is 65.2 Å². The van der Waals surface area contributed by atoms with Crippen molar-refractivity contribution in [2.75, 3.05) is 6.54 Å². The predicted molar refractivity (Wildman–Crippen MR) is 112 cm³/mol. The highest BCUT2D eigenvalue weighted by Gasteiger charge is 2.26. The number of nitrogens with one attached hydrogen (secondary N) is 1. The van der Waals surface area contributed by atoms with E-state index in [4.69, 9.17) is 9.73 Å². The summed E-state index contributed by atoms with van der Waals surface area (Å²) in [6.45, 7) is 1.90. The maximum Gasteiger partial charge on any atom is 0.267 e. The van der Waals surface area contributed by atoms with Gasteiger partial charge >= 0.3 is 0 Å². The van der Waals surface area contributed by atoms with Crippen molar-refractivity contribution in [3.05, 3.63) is 77.7 Å². The summed E-state index contributed by atoms with van der Waals surface area (Å²) in [6, 6.07) is 18.3. The zero-order valence-electron chi connectivity index (χ0n) is 16.6. The maximum atomic E-state index is 11.1. The van der Waals surface area contributed by atoms with Crippen molar-refractivity contribution >= 4 is 12.0 Å². The molecule has 2 N–H and O–H groups in total. The fourth-order valence-corrected chi connectivity index (χ4v) is 3.76. The van der Waals surface area contributed by atoms with Gasteiger partial charge in [0.15, 0.2) is 0 Å². The lowest BCUT2D eigenvalue weighted by atomic mass is 10.1. The van der Waals surface area contributed by atoms with Crippen LogP contribution in [0.25, 0.3) is 17.5 Å². The molecular weight excluding hydrogens is 380 g/mol. The van der Waals surface area contributed by atoms with Crippen molar-refractivity contribution in [2.24, 2.45) is 0 Å². The molecule has 0 bridgehead atoms. The molecule has 1 aliphatic heterocycles. The molecule has 2 aromatic carbocycles. The minimum Gasteiger partial charge on any atom is -0.339 e. The van der Waals surface area contributed by atoms with Crippen LogP contribution in [0.5, 0.6) is 0 Å². The lowest BCUT2D eigenvalue weighted by Gasteiger charge is -2.23.